The van der Waals surface area contributed by atoms with Crippen molar-refractivity contribution in [3.05, 3.63) is 35.0 Å². The number of thiocarbonyl (C=S) groups is 1. The van der Waals surface area contributed by atoms with E-state index in [1.54, 1.807) is 33.3 Å². The number of ether oxygens (including phenoxy) is 3. The Balaban J connectivity index is 2.50. The molecule has 0 spiro atoms. The molecule has 1 aromatic carbocycles. The SMILES string of the molecule is COC(=O)C1=C(C)NC(=S)N[C@@H]1c1ccc(OC)c(OC)c1. The number of benzene rings is 1. The van der Waals surface area contributed by atoms with E-state index in [1.807, 2.05) is 6.07 Å². The maximum Gasteiger partial charge on any atom is 0.337 e. The lowest BCUT2D eigenvalue weighted by molar-refractivity contribution is -0.136. The van der Waals surface area contributed by atoms with Crippen LogP contribution in [0, 0.1) is 0 Å². The third-order valence-electron chi connectivity index (χ3n) is 3.42. The normalized spacial score (nSPS) is 17.5. The van der Waals surface area contributed by atoms with Gasteiger partial charge in [-0.25, -0.2) is 4.79 Å². The molecule has 0 saturated carbocycles. The van der Waals surface area contributed by atoms with Crippen molar-refractivity contribution in [1.82, 2.24) is 10.6 Å². The molecule has 2 rings (SSSR count). The van der Waals surface area contributed by atoms with Crippen molar-refractivity contribution in [3.8, 4) is 11.5 Å². The van der Waals surface area contributed by atoms with Gasteiger partial charge < -0.3 is 24.8 Å². The van der Waals surface area contributed by atoms with E-state index in [4.69, 9.17) is 26.4 Å². The zero-order valence-corrected chi connectivity index (χ0v) is 13.7. The van der Waals surface area contributed by atoms with Crippen LogP contribution in [0.1, 0.15) is 18.5 Å². The highest BCUT2D eigenvalue weighted by Crippen LogP contribution is 2.34. The van der Waals surface area contributed by atoms with Gasteiger partial charge in [0.15, 0.2) is 16.6 Å². The number of nitrogens with one attached hydrogen (secondary N) is 2. The summed E-state index contributed by atoms with van der Waals surface area (Å²) in [5.74, 6) is 0.774. The van der Waals surface area contributed by atoms with Crippen LogP contribution in [0.15, 0.2) is 29.5 Å². The van der Waals surface area contributed by atoms with Crippen LogP contribution in [0.2, 0.25) is 0 Å². The van der Waals surface area contributed by atoms with Crippen LogP contribution in [0.4, 0.5) is 0 Å². The molecule has 0 fully saturated rings. The zero-order chi connectivity index (χ0) is 16.3. The maximum absolute atomic E-state index is 12.1. The summed E-state index contributed by atoms with van der Waals surface area (Å²) in [6.07, 6.45) is 0. The molecule has 0 bridgehead atoms. The Morgan fingerprint density at radius 1 is 1.18 bits per heavy atom. The summed E-state index contributed by atoms with van der Waals surface area (Å²) in [6.45, 7) is 1.78. The molecule has 0 saturated heterocycles. The van der Waals surface area contributed by atoms with Gasteiger partial charge in [0.05, 0.1) is 32.9 Å². The fourth-order valence-corrected chi connectivity index (χ4v) is 2.63. The van der Waals surface area contributed by atoms with Crippen molar-refractivity contribution >= 4 is 23.3 Å². The first kappa shape index (κ1) is 16.1. The van der Waals surface area contributed by atoms with Crippen LogP contribution in [-0.2, 0) is 9.53 Å². The second-order valence-electron chi connectivity index (χ2n) is 4.68. The van der Waals surface area contributed by atoms with Crippen LogP contribution in [0.3, 0.4) is 0 Å². The number of hydrogen-bond donors (Lipinski definition) is 2. The molecule has 1 aliphatic rings. The topological polar surface area (TPSA) is 68.8 Å². The predicted octanol–water partition coefficient (Wildman–Crippen LogP) is 1.67. The molecule has 0 radical (unpaired) electrons. The van der Waals surface area contributed by atoms with Crippen molar-refractivity contribution in [2.75, 3.05) is 21.3 Å². The van der Waals surface area contributed by atoms with Crippen molar-refractivity contribution in [2.24, 2.45) is 0 Å². The standard InChI is InChI=1S/C15H18N2O4S/c1-8-12(14(18)21-4)13(17-15(22)16-8)9-5-6-10(19-2)11(7-9)20-3/h5-7,13H,1-4H3,(H2,16,17,22)/t13-/m1/s1. The number of esters is 1. The third kappa shape index (κ3) is 2.99. The van der Waals surface area contributed by atoms with E-state index >= 15 is 0 Å². The Kier molecular flexibility index (Phi) is 4.87. The Morgan fingerprint density at radius 3 is 2.45 bits per heavy atom. The fraction of sp³-hybridized carbons (Fsp3) is 0.333. The number of hydrogen-bond acceptors (Lipinski definition) is 5. The Bertz CT molecular complexity index is 642. The molecule has 118 valence electrons. The molecule has 1 heterocycles. The van der Waals surface area contributed by atoms with Crippen molar-refractivity contribution in [1.29, 1.82) is 0 Å². The minimum Gasteiger partial charge on any atom is -0.493 e. The lowest BCUT2D eigenvalue weighted by atomic mass is 9.95. The summed E-state index contributed by atoms with van der Waals surface area (Å²) < 4.78 is 15.4. The smallest absolute Gasteiger partial charge is 0.337 e. The van der Waals surface area contributed by atoms with Crippen LogP contribution in [0.5, 0.6) is 11.5 Å². The minimum atomic E-state index is -0.417. The van der Waals surface area contributed by atoms with E-state index in [2.05, 4.69) is 10.6 Å². The van der Waals surface area contributed by atoms with Crippen molar-refractivity contribution in [3.63, 3.8) is 0 Å². The highest BCUT2D eigenvalue weighted by molar-refractivity contribution is 7.80. The lowest BCUT2D eigenvalue weighted by Crippen LogP contribution is -2.45. The number of allylic oxidation sites excluding steroid dienone is 1. The fourth-order valence-electron chi connectivity index (χ4n) is 2.36. The monoisotopic (exact) mass is 322 g/mol. The lowest BCUT2D eigenvalue weighted by Gasteiger charge is -2.29. The minimum absolute atomic E-state index is 0.416. The highest BCUT2D eigenvalue weighted by Gasteiger charge is 2.31. The highest BCUT2D eigenvalue weighted by atomic mass is 32.1. The van der Waals surface area contributed by atoms with Gasteiger partial charge in [0.1, 0.15) is 0 Å². The molecule has 1 aliphatic heterocycles. The molecule has 1 atom stereocenters. The van der Waals surface area contributed by atoms with E-state index in [9.17, 15) is 4.79 Å². The van der Waals surface area contributed by atoms with E-state index in [-0.39, 0.29) is 0 Å². The second kappa shape index (κ2) is 6.65. The van der Waals surface area contributed by atoms with Crippen LogP contribution in [0.25, 0.3) is 0 Å². The number of carbonyl (C=O) groups is 1. The first-order chi connectivity index (χ1) is 10.5. The maximum atomic E-state index is 12.1. The third-order valence-corrected chi connectivity index (χ3v) is 3.64. The molecular weight excluding hydrogens is 304 g/mol. The predicted molar refractivity (Wildman–Crippen MR) is 85.9 cm³/mol. The molecular formula is C15H18N2O4S. The van der Waals surface area contributed by atoms with Crippen molar-refractivity contribution in [2.45, 2.75) is 13.0 Å². The zero-order valence-electron chi connectivity index (χ0n) is 12.9. The van der Waals surface area contributed by atoms with Gasteiger partial charge in [-0.1, -0.05) is 6.07 Å². The second-order valence-corrected chi connectivity index (χ2v) is 5.08. The molecule has 1 aromatic rings. The summed E-state index contributed by atoms with van der Waals surface area (Å²) in [5, 5.41) is 6.47. The summed E-state index contributed by atoms with van der Waals surface area (Å²) >= 11 is 5.18. The number of carbonyl (C=O) groups excluding carboxylic acids is 1. The summed E-state index contributed by atoms with van der Waals surface area (Å²) in [6, 6.07) is 5.02. The van der Waals surface area contributed by atoms with Crippen LogP contribution in [-0.4, -0.2) is 32.4 Å². The molecule has 22 heavy (non-hydrogen) atoms. The largest absolute Gasteiger partial charge is 0.493 e. The molecule has 6 nitrogen and oxygen atoms in total. The van der Waals surface area contributed by atoms with E-state index in [0.717, 1.165) is 5.56 Å². The Hall–Kier alpha value is -2.28. The summed E-state index contributed by atoms with van der Waals surface area (Å²) in [5.41, 5.74) is 1.96. The first-order valence-corrected chi connectivity index (χ1v) is 7.01. The number of rotatable bonds is 4. The molecule has 7 heteroatoms. The van der Waals surface area contributed by atoms with Gasteiger partial charge in [0.2, 0.25) is 0 Å². The van der Waals surface area contributed by atoms with Crippen LogP contribution >= 0.6 is 12.2 Å². The molecule has 0 aromatic heterocycles. The molecule has 0 aliphatic carbocycles. The van der Waals surface area contributed by atoms with Gasteiger partial charge in [-0.2, -0.15) is 0 Å². The molecule has 2 N–H and O–H groups in total. The van der Waals surface area contributed by atoms with E-state index in [1.165, 1.54) is 7.11 Å². The average molecular weight is 322 g/mol. The Labute approximate surface area is 134 Å². The Morgan fingerprint density at radius 2 is 1.86 bits per heavy atom. The molecule has 0 unspecified atom stereocenters. The van der Waals surface area contributed by atoms with Gasteiger partial charge in [-0.15, -0.1) is 0 Å². The number of methoxy groups -OCH3 is 3. The van der Waals surface area contributed by atoms with Gasteiger partial charge in [-0.05, 0) is 36.8 Å². The van der Waals surface area contributed by atoms with Gasteiger partial charge in [0.25, 0.3) is 0 Å². The van der Waals surface area contributed by atoms with E-state index in [0.29, 0.717) is 27.9 Å². The van der Waals surface area contributed by atoms with Crippen LogP contribution < -0.4 is 20.1 Å². The quantitative estimate of drug-likeness (QED) is 0.645. The van der Waals surface area contributed by atoms with Gasteiger partial charge >= 0.3 is 5.97 Å². The van der Waals surface area contributed by atoms with Gasteiger partial charge in [0, 0.05) is 5.70 Å². The van der Waals surface area contributed by atoms with Gasteiger partial charge in [-0.3, -0.25) is 0 Å². The average Bonchev–Trinajstić information content (AvgIpc) is 2.52. The van der Waals surface area contributed by atoms with E-state index < -0.39 is 12.0 Å². The summed E-state index contributed by atoms with van der Waals surface area (Å²) in [7, 11) is 4.48. The molecule has 0 amide bonds. The summed E-state index contributed by atoms with van der Waals surface area (Å²) in [4.78, 5) is 12.1. The first-order valence-electron chi connectivity index (χ1n) is 6.60. The van der Waals surface area contributed by atoms with Crippen molar-refractivity contribution < 1.29 is 19.0 Å².